The van der Waals surface area contributed by atoms with E-state index >= 15 is 0 Å². The van der Waals surface area contributed by atoms with Crippen molar-refractivity contribution in [1.82, 2.24) is 9.38 Å². The number of methoxy groups -OCH3 is 1. The van der Waals surface area contributed by atoms with E-state index in [4.69, 9.17) is 0 Å². The molecule has 0 spiro atoms. The van der Waals surface area contributed by atoms with E-state index in [1.54, 1.807) is 28.9 Å². The van der Waals surface area contributed by atoms with Gasteiger partial charge in [-0.05, 0) is 12.1 Å². The first-order chi connectivity index (χ1) is 9.17. The third kappa shape index (κ3) is 2.10. The number of carbonyl (C=O) groups excluding carboxylic acids is 1. The zero-order valence-corrected chi connectivity index (χ0v) is 10.8. The summed E-state index contributed by atoms with van der Waals surface area (Å²) in [6.07, 6.45) is 3.41. The van der Waals surface area contributed by atoms with Crippen molar-refractivity contribution in [1.29, 1.82) is 0 Å². The Bertz CT molecular complexity index is 731. The number of hydrogen-bond acceptors (Lipinski definition) is 4. The topological polar surface area (TPSA) is 43.6 Å². The number of halogens is 1. The lowest BCUT2D eigenvalue weighted by molar-refractivity contribution is 0.0606. The molecule has 3 aromatic rings. The molecule has 1 aromatic carbocycles. The Hall–Kier alpha value is -2.21. The summed E-state index contributed by atoms with van der Waals surface area (Å²) in [5.41, 5.74) is 1.37. The normalized spacial score (nSPS) is 10.8. The highest BCUT2D eigenvalue weighted by Gasteiger charge is 2.13. The summed E-state index contributed by atoms with van der Waals surface area (Å²) in [4.78, 5) is 16.9. The fraction of sp³-hybridized carbons (Fsp3) is 0.0769. The van der Waals surface area contributed by atoms with Crippen LogP contribution in [0.25, 0.3) is 16.2 Å². The number of carbonyl (C=O) groups is 1. The lowest BCUT2D eigenvalue weighted by atomic mass is 10.2. The second kappa shape index (κ2) is 4.47. The highest BCUT2D eigenvalue weighted by atomic mass is 32.1. The number of fused-ring (bicyclic) bond motifs is 1. The number of aromatic nitrogens is 2. The molecule has 0 aliphatic heterocycles. The van der Waals surface area contributed by atoms with Gasteiger partial charge >= 0.3 is 5.97 Å². The van der Waals surface area contributed by atoms with Crippen LogP contribution in [0, 0.1) is 5.82 Å². The van der Waals surface area contributed by atoms with Crippen LogP contribution in [0.4, 0.5) is 4.39 Å². The number of benzene rings is 1. The third-order valence-electron chi connectivity index (χ3n) is 2.66. The predicted molar refractivity (Wildman–Crippen MR) is 69.8 cm³/mol. The average molecular weight is 276 g/mol. The van der Waals surface area contributed by atoms with Gasteiger partial charge in [0.25, 0.3) is 0 Å². The molecule has 0 radical (unpaired) electrons. The number of esters is 1. The van der Waals surface area contributed by atoms with E-state index in [1.165, 1.54) is 30.6 Å². The molecular weight excluding hydrogens is 267 g/mol. The maximum absolute atomic E-state index is 13.2. The molecule has 0 N–H and O–H groups in total. The highest BCUT2D eigenvalue weighted by Crippen LogP contribution is 2.24. The maximum atomic E-state index is 13.2. The van der Waals surface area contributed by atoms with E-state index in [9.17, 15) is 9.18 Å². The van der Waals surface area contributed by atoms with Gasteiger partial charge in [-0.1, -0.05) is 23.5 Å². The molecule has 6 heteroatoms. The molecule has 0 atom stereocenters. The van der Waals surface area contributed by atoms with Crippen LogP contribution in [-0.4, -0.2) is 22.5 Å². The number of nitrogens with zero attached hydrogens (tertiary/aromatic N) is 2. The van der Waals surface area contributed by atoms with Gasteiger partial charge in [-0.25, -0.2) is 14.2 Å². The van der Waals surface area contributed by atoms with Crippen molar-refractivity contribution in [3.63, 3.8) is 0 Å². The molecule has 19 heavy (non-hydrogen) atoms. The molecule has 2 heterocycles. The number of imidazole rings is 1. The van der Waals surface area contributed by atoms with Crippen LogP contribution in [0.15, 0.2) is 36.7 Å². The van der Waals surface area contributed by atoms with Crippen LogP contribution in [0.3, 0.4) is 0 Å². The van der Waals surface area contributed by atoms with Crippen LogP contribution in [0.2, 0.25) is 0 Å². The molecule has 0 aliphatic rings. The molecule has 4 nitrogen and oxygen atoms in total. The lowest BCUT2D eigenvalue weighted by Gasteiger charge is -1.95. The maximum Gasteiger partial charge on any atom is 0.349 e. The average Bonchev–Trinajstić information content (AvgIpc) is 2.95. The van der Waals surface area contributed by atoms with Gasteiger partial charge in [-0.2, -0.15) is 0 Å². The minimum absolute atomic E-state index is 0.302. The highest BCUT2D eigenvalue weighted by molar-refractivity contribution is 7.18. The Morgan fingerprint density at radius 1 is 1.42 bits per heavy atom. The van der Waals surface area contributed by atoms with Crippen molar-refractivity contribution in [2.45, 2.75) is 0 Å². The molecular formula is C13H9FN2O2S. The van der Waals surface area contributed by atoms with E-state index in [-0.39, 0.29) is 11.8 Å². The van der Waals surface area contributed by atoms with Crippen LogP contribution in [0.5, 0.6) is 0 Å². The number of rotatable bonds is 2. The van der Waals surface area contributed by atoms with Crippen molar-refractivity contribution < 1.29 is 13.9 Å². The Balaban J connectivity index is 2.04. The third-order valence-corrected chi connectivity index (χ3v) is 3.64. The van der Waals surface area contributed by atoms with E-state index in [0.29, 0.717) is 21.1 Å². The summed E-state index contributed by atoms with van der Waals surface area (Å²) in [5, 5.41) is 0. The summed E-state index contributed by atoms with van der Waals surface area (Å²) in [7, 11) is 1.34. The van der Waals surface area contributed by atoms with Crippen molar-refractivity contribution in [3.05, 3.63) is 47.4 Å². The van der Waals surface area contributed by atoms with E-state index < -0.39 is 0 Å². The molecule has 2 aromatic heterocycles. The number of ether oxygens (including phenoxy) is 1. The second-order valence-corrected chi connectivity index (χ2v) is 4.92. The van der Waals surface area contributed by atoms with Crippen LogP contribution in [0.1, 0.15) is 9.67 Å². The summed E-state index contributed by atoms with van der Waals surface area (Å²) < 4.78 is 19.5. The minimum atomic E-state index is -0.386. The fourth-order valence-electron chi connectivity index (χ4n) is 1.78. The number of hydrogen-bond donors (Lipinski definition) is 0. The second-order valence-electron chi connectivity index (χ2n) is 3.91. The zero-order chi connectivity index (χ0) is 13.4. The standard InChI is InChI=1S/C13H9FN2O2S/c1-18-12(17)11-7-16-6-10(15-13(16)19-11)8-3-2-4-9(14)5-8/h2-7H,1H3. The van der Waals surface area contributed by atoms with Gasteiger partial charge in [0.2, 0.25) is 0 Å². The van der Waals surface area contributed by atoms with Gasteiger partial charge in [-0.15, -0.1) is 0 Å². The van der Waals surface area contributed by atoms with Crippen LogP contribution >= 0.6 is 11.3 Å². The quantitative estimate of drug-likeness (QED) is 0.676. The van der Waals surface area contributed by atoms with Crippen molar-refractivity contribution >= 4 is 22.3 Å². The van der Waals surface area contributed by atoms with Gasteiger partial charge in [0, 0.05) is 18.0 Å². The number of thiazole rings is 1. The summed E-state index contributed by atoms with van der Waals surface area (Å²) in [6, 6.07) is 6.24. The van der Waals surface area contributed by atoms with Crippen LogP contribution < -0.4 is 0 Å². The molecule has 0 unspecified atom stereocenters. The Morgan fingerprint density at radius 3 is 2.95 bits per heavy atom. The molecule has 0 aliphatic carbocycles. The first-order valence-corrected chi connectivity index (χ1v) is 6.32. The van der Waals surface area contributed by atoms with Crippen LogP contribution in [-0.2, 0) is 4.74 Å². The fourth-order valence-corrected chi connectivity index (χ4v) is 2.66. The summed E-state index contributed by atoms with van der Waals surface area (Å²) in [5.74, 6) is -0.688. The van der Waals surface area contributed by atoms with E-state index in [0.717, 1.165) is 0 Å². The first kappa shape index (κ1) is 11.9. The predicted octanol–water partition coefficient (Wildman–Crippen LogP) is 2.99. The first-order valence-electron chi connectivity index (χ1n) is 5.50. The van der Waals surface area contributed by atoms with Gasteiger partial charge in [0.1, 0.15) is 10.7 Å². The molecule has 0 saturated carbocycles. The van der Waals surface area contributed by atoms with Gasteiger partial charge in [0.15, 0.2) is 4.96 Å². The Kier molecular flexibility index (Phi) is 2.79. The molecule has 3 rings (SSSR count). The van der Waals surface area contributed by atoms with E-state index in [1.807, 2.05) is 0 Å². The van der Waals surface area contributed by atoms with Crippen molar-refractivity contribution in [3.8, 4) is 11.3 Å². The minimum Gasteiger partial charge on any atom is -0.465 e. The Morgan fingerprint density at radius 2 is 2.26 bits per heavy atom. The van der Waals surface area contributed by atoms with Crippen molar-refractivity contribution in [2.75, 3.05) is 7.11 Å². The molecule has 96 valence electrons. The van der Waals surface area contributed by atoms with Gasteiger partial charge in [0.05, 0.1) is 12.8 Å². The monoisotopic (exact) mass is 276 g/mol. The van der Waals surface area contributed by atoms with E-state index in [2.05, 4.69) is 9.72 Å². The SMILES string of the molecule is COC(=O)c1cn2cc(-c3cccc(F)c3)nc2s1. The van der Waals surface area contributed by atoms with Gasteiger partial charge in [-0.3, -0.25) is 4.40 Å². The summed E-state index contributed by atoms with van der Waals surface area (Å²) in [6.45, 7) is 0. The Labute approximate surface area is 112 Å². The van der Waals surface area contributed by atoms with Crippen molar-refractivity contribution in [2.24, 2.45) is 0 Å². The summed E-state index contributed by atoms with van der Waals surface area (Å²) >= 11 is 1.23. The molecule has 0 fully saturated rings. The van der Waals surface area contributed by atoms with Gasteiger partial charge < -0.3 is 4.74 Å². The molecule has 0 amide bonds. The molecule has 0 saturated heterocycles. The lowest BCUT2D eigenvalue weighted by Crippen LogP contribution is -1.97. The molecule has 0 bridgehead atoms. The largest absolute Gasteiger partial charge is 0.465 e. The smallest absolute Gasteiger partial charge is 0.349 e. The zero-order valence-electron chi connectivity index (χ0n) is 9.96.